The molecule has 1 amide bonds. The molecule has 5 heteroatoms. The second-order valence-corrected chi connectivity index (χ2v) is 6.19. The van der Waals surface area contributed by atoms with E-state index in [2.05, 4.69) is 28.0 Å². The molecular weight excluding hydrogens is 300 g/mol. The van der Waals surface area contributed by atoms with Crippen molar-refractivity contribution in [3.63, 3.8) is 0 Å². The molecule has 1 aromatic carbocycles. The van der Waals surface area contributed by atoms with E-state index in [1.807, 2.05) is 41.9 Å². The van der Waals surface area contributed by atoms with Crippen molar-refractivity contribution in [2.45, 2.75) is 33.1 Å². The molecule has 0 bridgehead atoms. The number of nitrogens with one attached hydrogen (secondary N) is 2. The second kappa shape index (κ2) is 6.74. The molecule has 3 rings (SSSR count). The van der Waals surface area contributed by atoms with Crippen LogP contribution >= 0.6 is 0 Å². The quantitative estimate of drug-likeness (QED) is 0.680. The largest absolute Gasteiger partial charge is 0.322 e. The molecule has 0 aliphatic rings. The van der Waals surface area contributed by atoms with Gasteiger partial charge in [0.1, 0.15) is 0 Å². The lowest BCUT2D eigenvalue weighted by Crippen LogP contribution is -2.11. The van der Waals surface area contributed by atoms with Crippen molar-refractivity contribution in [3.8, 4) is 0 Å². The van der Waals surface area contributed by atoms with Crippen molar-refractivity contribution < 1.29 is 4.79 Å². The highest BCUT2D eigenvalue weighted by atomic mass is 16.1. The Morgan fingerprint density at radius 1 is 1.33 bits per heavy atom. The molecule has 0 unspecified atom stereocenters. The van der Waals surface area contributed by atoms with Crippen molar-refractivity contribution in [1.82, 2.24) is 14.6 Å². The van der Waals surface area contributed by atoms with Crippen LogP contribution in [0.25, 0.3) is 5.65 Å². The van der Waals surface area contributed by atoms with Gasteiger partial charge in [0.15, 0.2) is 5.65 Å². The van der Waals surface area contributed by atoms with Gasteiger partial charge in [-0.05, 0) is 50.8 Å². The first-order valence-corrected chi connectivity index (χ1v) is 8.10. The van der Waals surface area contributed by atoms with Crippen LogP contribution in [0.1, 0.15) is 30.3 Å². The Balaban J connectivity index is 1.57. The van der Waals surface area contributed by atoms with Gasteiger partial charge in [0.05, 0.1) is 11.9 Å². The number of aromatic amines is 1. The maximum atomic E-state index is 11.7. The smallest absolute Gasteiger partial charge is 0.250 e. The zero-order valence-electron chi connectivity index (χ0n) is 14.1. The second-order valence-electron chi connectivity index (χ2n) is 6.19. The number of anilines is 1. The highest BCUT2D eigenvalue weighted by Crippen LogP contribution is 2.15. The Morgan fingerprint density at radius 3 is 2.92 bits per heavy atom. The molecule has 0 radical (unpaired) electrons. The summed E-state index contributed by atoms with van der Waals surface area (Å²) in [5.41, 5.74) is 5.69. The fourth-order valence-electron chi connectivity index (χ4n) is 2.69. The summed E-state index contributed by atoms with van der Waals surface area (Å²) in [5, 5.41) is 6.08. The monoisotopic (exact) mass is 322 g/mol. The Morgan fingerprint density at radius 2 is 2.17 bits per heavy atom. The lowest BCUT2D eigenvalue weighted by molar-refractivity contribution is -0.112. The summed E-state index contributed by atoms with van der Waals surface area (Å²) in [7, 11) is 0. The molecule has 0 spiro atoms. The molecule has 24 heavy (non-hydrogen) atoms. The van der Waals surface area contributed by atoms with Crippen molar-refractivity contribution >= 4 is 17.2 Å². The van der Waals surface area contributed by atoms with E-state index in [0.29, 0.717) is 5.57 Å². The van der Waals surface area contributed by atoms with Crippen LogP contribution in [0.2, 0.25) is 0 Å². The minimum Gasteiger partial charge on any atom is -0.322 e. The summed E-state index contributed by atoms with van der Waals surface area (Å²) >= 11 is 0. The fourth-order valence-corrected chi connectivity index (χ4v) is 2.69. The lowest BCUT2D eigenvalue weighted by atomic mass is 10.1. The van der Waals surface area contributed by atoms with Gasteiger partial charge in [-0.2, -0.15) is 0 Å². The molecular formula is C19H22N4O. The van der Waals surface area contributed by atoms with Crippen LogP contribution in [0, 0.1) is 6.92 Å². The number of imidazole rings is 1. The van der Waals surface area contributed by atoms with Crippen molar-refractivity contribution in [2.75, 3.05) is 5.32 Å². The van der Waals surface area contributed by atoms with Crippen LogP contribution in [0.5, 0.6) is 0 Å². The molecule has 2 aromatic heterocycles. The van der Waals surface area contributed by atoms with Gasteiger partial charge in [-0.3, -0.25) is 9.89 Å². The van der Waals surface area contributed by atoms with Gasteiger partial charge in [0.25, 0.3) is 5.91 Å². The van der Waals surface area contributed by atoms with Gasteiger partial charge < -0.3 is 5.32 Å². The van der Waals surface area contributed by atoms with Crippen LogP contribution in [0.4, 0.5) is 5.69 Å². The lowest BCUT2D eigenvalue weighted by Gasteiger charge is -2.07. The minimum atomic E-state index is -0.143. The number of aromatic nitrogens is 3. The van der Waals surface area contributed by atoms with Gasteiger partial charge >= 0.3 is 0 Å². The zero-order chi connectivity index (χ0) is 17.1. The van der Waals surface area contributed by atoms with E-state index in [0.717, 1.165) is 42.0 Å². The molecule has 0 aliphatic carbocycles. The highest BCUT2D eigenvalue weighted by molar-refractivity contribution is 6.02. The minimum absolute atomic E-state index is 0.143. The Kier molecular flexibility index (Phi) is 4.51. The van der Waals surface area contributed by atoms with Crippen molar-refractivity contribution in [3.05, 3.63) is 65.6 Å². The van der Waals surface area contributed by atoms with Crippen LogP contribution in [-0.2, 0) is 17.6 Å². The Labute approximate surface area is 141 Å². The van der Waals surface area contributed by atoms with Gasteiger partial charge in [-0.15, -0.1) is 0 Å². The fraction of sp³-hybridized carbons (Fsp3) is 0.263. The van der Waals surface area contributed by atoms with Gasteiger partial charge in [-0.25, -0.2) is 9.50 Å². The standard InChI is InChI=1S/C19H22N4O/c1-13(2)19(24)21-16-8-4-6-15(11-16)7-5-9-17-12-23-18(20-17)10-14(3)22-23/h4,6,8,10-12,22H,1,5,7,9H2,2-3H3,(H,21,24). The molecule has 5 nitrogen and oxygen atoms in total. The third kappa shape index (κ3) is 3.74. The first-order valence-electron chi connectivity index (χ1n) is 8.10. The number of aryl methyl sites for hydroxylation is 3. The van der Waals surface area contributed by atoms with Crippen molar-refractivity contribution in [1.29, 1.82) is 0 Å². The topological polar surface area (TPSA) is 62.2 Å². The number of carbonyl (C=O) groups excluding carboxylic acids is 1. The van der Waals surface area contributed by atoms with E-state index < -0.39 is 0 Å². The van der Waals surface area contributed by atoms with E-state index >= 15 is 0 Å². The molecule has 3 aromatic rings. The molecule has 0 saturated carbocycles. The number of amides is 1. The van der Waals surface area contributed by atoms with Crippen LogP contribution < -0.4 is 5.32 Å². The van der Waals surface area contributed by atoms with Crippen molar-refractivity contribution in [2.24, 2.45) is 0 Å². The average Bonchev–Trinajstić information content (AvgIpc) is 3.04. The van der Waals surface area contributed by atoms with E-state index in [4.69, 9.17) is 0 Å². The molecule has 0 fully saturated rings. The SMILES string of the molecule is C=C(C)C(=O)Nc1cccc(CCCc2cn3[nH]c(C)cc3n2)c1. The number of rotatable bonds is 6. The Bertz CT molecular complexity index is 856. The maximum absolute atomic E-state index is 11.7. The van der Waals surface area contributed by atoms with Gasteiger partial charge in [-0.1, -0.05) is 18.7 Å². The predicted molar refractivity (Wildman–Crippen MR) is 96.2 cm³/mol. The molecule has 0 aliphatic heterocycles. The van der Waals surface area contributed by atoms with E-state index in [9.17, 15) is 4.79 Å². The molecule has 0 atom stereocenters. The summed E-state index contributed by atoms with van der Waals surface area (Å²) in [6.07, 6.45) is 4.93. The number of benzene rings is 1. The van der Waals surface area contributed by atoms with E-state index in [1.165, 1.54) is 5.56 Å². The summed E-state index contributed by atoms with van der Waals surface area (Å²) in [5.74, 6) is -0.143. The first kappa shape index (κ1) is 16.1. The van der Waals surface area contributed by atoms with Crippen LogP contribution in [-0.4, -0.2) is 20.5 Å². The number of hydrogen-bond acceptors (Lipinski definition) is 2. The molecule has 0 saturated heterocycles. The number of hydrogen-bond donors (Lipinski definition) is 2. The van der Waals surface area contributed by atoms with E-state index in [-0.39, 0.29) is 5.91 Å². The van der Waals surface area contributed by atoms with Gasteiger partial charge in [0.2, 0.25) is 0 Å². The van der Waals surface area contributed by atoms with Crippen LogP contribution in [0.15, 0.2) is 48.7 Å². The number of nitrogens with zero attached hydrogens (tertiary/aromatic N) is 2. The molecule has 124 valence electrons. The summed E-state index contributed by atoms with van der Waals surface area (Å²) in [4.78, 5) is 16.3. The summed E-state index contributed by atoms with van der Waals surface area (Å²) in [6, 6.07) is 9.99. The molecule has 2 heterocycles. The maximum Gasteiger partial charge on any atom is 0.250 e. The molecule has 2 N–H and O–H groups in total. The zero-order valence-corrected chi connectivity index (χ0v) is 14.1. The third-order valence-electron chi connectivity index (χ3n) is 3.90. The number of fused-ring (bicyclic) bond motifs is 1. The summed E-state index contributed by atoms with van der Waals surface area (Å²) in [6.45, 7) is 7.38. The number of H-pyrrole nitrogens is 1. The first-order chi connectivity index (χ1) is 11.5. The van der Waals surface area contributed by atoms with Gasteiger partial charge in [0, 0.05) is 23.0 Å². The highest BCUT2D eigenvalue weighted by Gasteiger charge is 2.05. The Hall–Kier alpha value is -2.82. The summed E-state index contributed by atoms with van der Waals surface area (Å²) < 4.78 is 1.96. The van der Waals surface area contributed by atoms with Crippen LogP contribution in [0.3, 0.4) is 0 Å². The normalized spacial score (nSPS) is 10.9. The van der Waals surface area contributed by atoms with E-state index in [1.54, 1.807) is 6.92 Å². The third-order valence-corrected chi connectivity index (χ3v) is 3.90. The number of carbonyl (C=O) groups is 1. The predicted octanol–water partition coefficient (Wildman–Crippen LogP) is 3.66. The average molecular weight is 322 g/mol.